The quantitative estimate of drug-likeness (QED) is 0.508. The van der Waals surface area contributed by atoms with Gasteiger partial charge in [-0.25, -0.2) is 9.18 Å². The van der Waals surface area contributed by atoms with Gasteiger partial charge in [-0.05, 0) is 43.2 Å². The second kappa shape index (κ2) is 7.99. The van der Waals surface area contributed by atoms with Gasteiger partial charge in [0.05, 0.1) is 6.54 Å². The third-order valence-electron chi connectivity index (χ3n) is 5.34. The number of nitrogens with one attached hydrogen (secondary N) is 1. The van der Waals surface area contributed by atoms with E-state index in [1.807, 2.05) is 38.1 Å². The highest BCUT2D eigenvalue weighted by Crippen LogP contribution is 2.23. The Balaban J connectivity index is 1.58. The van der Waals surface area contributed by atoms with Gasteiger partial charge in [0, 0.05) is 23.5 Å². The Kier molecular flexibility index (Phi) is 5.23. The number of carbonyl (C=O) groups is 2. The fourth-order valence-corrected chi connectivity index (χ4v) is 3.65. The van der Waals surface area contributed by atoms with Crippen LogP contribution >= 0.6 is 0 Å². The summed E-state index contributed by atoms with van der Waals surface area (Å²) in [5.41, 5.74) is 4.58. The first-order chi connectivity index (χ1) is 14.4. The van der Waals surface area contributed by atoms with Crippen LogP contribution in [-0.2, 0) is 17.9 Å². The zero-order chi connectivity index (χ0) is 21.3. The monoisotopic (exact) mass is 403 g/mol. The molecule has 1 aliphatic heterocycles. The smallest absolute Gasteiger partial charge is 0.329 e. The minimum atomic E-state index is -0.549. The number of hydrogen-bond acceptors (Lipinski definition) is 2. The Morgan fingerprint density at radius 1 is 0.967 bits per heavy atom. The summed E-state index contributed by atoms with van der Waals surface area (Å²) in [6, 6.07) is 17.7. The van der Waals surface area contributed by atoms with Gasteiger partial charge in [-0.2, -0.15) is 0 Å². The Morgan fingerprint density at radius 3 is 2.40 bits per heavy atom. The summed E-state index contributed by atoms with van der Waals surface area (Å²) < 4.78 is 16.1. The molecule has 30 heavy (non-hydrogen) atoms. The third-order valence-corrected chi connectivity index (χ3v) is 5.34. The van der Waals surface area contributed by atoms with Crippen LogP contribution < -0.4 is 5.32 Å². The molecular weight excluding hydrogens is 381 g/mol. The molecule has 3 aromatic rings. The second-order valence-electron chi connectivity index (χ2n) is 7.37. The molecule has 1 N–H and O–H groups in total. The van der Waals surface area contributed by atoms with Crippen molar-refractivity contribution in [3.05, 3.63) is 100 Å². The number of hydrogen-bond donors (Lipinski definition) is 1. The van der Waals surface area contributed by atoms with Crippen LogP contribution in [0.1, 0.15) is 28.1 Å². The lowest BCUT2D eigenvalue weighted by Gasteiger charge is -2.12. The largest absolute Gasteiger partial charge is 0.344 e. The SMILES string of the molecule is Cc1cc(/C=C2/NC(=O)N(Cc3ccccc3F)C2=O)c(C)n1Cc1ccccc1. The summed E-state index contributed by atoms with van der Waals surface area (Å²) in [7, 11) is 0. The van der Waals surface area contributed by atoms with Gasteiger partial charge >= 0.3 is 6.03 Å². The number of urea groups is 1. The van der Waals surface area contributed by atoms with Crippen molar-refractivity contribution in [2.24, 2.45) is 0 Å². The van der Waals surface area contributed by atoms with Gasteiger partial charge in [-0.15, -0.1) is 0 Å². The molecule has 2 heterocycles. The first kappa shape index (κ1) is 19.6. The molecule has 0 aliphatic carbocycles. The maximum atomic E-state index is 13.9. The molecule has 5 nitrogen and oxygen atoms in total. The number of aromatic nitrogens is 1. The Bertz CT molecular complexity index is 1150. The number of benzene rings is 2. The van der Waals surface area contributed by atoms with Gasteiger partial charge in [0.1, 0.15) is 11.5 Å². The fraction of sp³-hybridized carbons (Fsp3) is 0.167. The van der Waals surface area contributed by atoms with Gasteiger partial charge in [0.15, 0.2) is 0 Å². The molecule has 0 unspecified atom stereocenters. The molecule has 0 bridgehead atoms. The predicted molar refractivity (Wildman–Crippen MR) is 113 cm³/mol. The number of halogens is 1. The number of imide groups is 1. The van der Waals surface area contributed by atoms with E-state index in [4.69, 9.17) is 0 Å². The zero-order valence-electron chi connectivity index (χ0n) is 16.9. The maximum Gasteiger partial charge on any atom is 0.329 e. The fourth-order valence-electron chi connectivity index (χ4n) is 3.65. The van der Waals surface area contributed by atoms with Crippen LogP contribution in [0.4, 0.5) is 9.18 Å². The molecule has 4 rings (SSSR count). The molecule has 0 spiro atoms. The first-order valence-electron chi connectivity index (χ1n) is 9.72. The van der Waals surface area contributed by atoms with Crippen LogP contribution in [0, 0.1) is 19.7 Å². The van der Waals surface area contributed by atoms with Gasteiger partial charge in [0.25, 0.3) is 5.91 Å². The lowest BCUT2D eigenvalue weighted by Crippen LogP contribution is -2.30. The van der Waals surface area contributed by atoms with Crippen LogP contribution in [0.3, 0.4) is 0 Å². The van der Waals surface area contributed by atoms with Crippen LogP contribution in [0.15, 0.2) is 66.4 Å². The van der Waals surface area contributed by atoms with Crippen molar-refractivity contribution < 1.29 is 14.0 Å². The molecule has 0 radical (unpaired) electrons. The summed E-state index contributed by atoms with van der Waals surface area (Å²) in [5, 5.41) is 2.61. The lowest BCUT2D eigenvalue weighted by molar-refractivity contribution is -0.123. The summed E-state index contributed by atoms with van der Waals surface area (Å²) in [6.45, 7) is 4.61. The van der Waals surface area contributed by atoms with Crippen molar-refractivity contribution in [2.45, 2.75) is 26.9 Å². The maximum absolute atomic E-state index is 13.9. The average Bonchev–Trinajstić information content (AvgIpc) is 3.15. The number of nitrogens with zero attached hydrogens (tertiary/aromatic N) is 2. The standard InChI is InChI=1S/C24H22FN3O2/c1-16-12-20(17(2)27(16)14-18-8-4-3-5-9-18)13-22-23(29)28(24(30)26-22)15-19-10-6-7-11-21(19)25/h3-13H,14-15H2,1-2H3,(H,26,30)/b22-13+. The summed E-state index contributed by atoms with van der Waals surface area (Å²) in [6.07, 6.45) is 1.69. The van der Waals surface area contributed by atoms with E-state index in [-0.39, 0.29) is 12.2 Å². The van der Waals surface area contributed by atoms with Crippen LogP contribution in [0.5, 0.6) is 0 Å². The van der Waals surface area contributed by atoms with Crippen molar-refractivity contribution in [3.8, 4) is 0 Å². The lowest BCUT2D eigenvalue weighted by atomic mass is 10.2. The topological polar surface area (TPSA) is 54.3 Å². The molecule has 1 saturated heterocycles. The molecule has 1 aliphatic rings. The number of amides is 3. The van der Waals surface area contributed by atoms with Gasteiger partial charge in [-0.3, -0.25) is 9.69 Å². The normalized spacial score (nSPS) is 15.2. The minimum Gasteiger partial charge on any atom is -0.344 e. The van der Waals surface area contributed by atoms with E-state index in [9.17, 15) is 14.0 Å². The Labute approximate surface area is 174 Å². The Hall–Kier alpha value is -3.67. The van der Waals surface area contributed by atoms with E-state index >= 15 is 0 Å². The number of carbonyl (C=O) groups excluding carboxylic acids is 2. The second-order valence-corrected chi connectivity index (χ2v) is 7.37. The predicted octanol–water partition coefficient (Wildman–Crippen LogP) is 4.39. The number of aryl methyl sites for hydroxylation is 1. The van der Waals surface area contributed by atoms with Crippen molar-refractivity contribution >= 4 is 18.0 Å². The molecule has 6 heteroatoms. The highest BCUT2D eigenvalue weighted by atomic mass is 19.1. The van der Waals surface area contributed by atoms with Gasteiger partial charge < -0.3 is 9.88 Å². The van der Waals surface area contributed by atoms with Crippen LogP contribution in [0.2, 0.25) is 0 Å². The van der Waals surface area contributed by atoms with E-state index in [0.29, 0.717) is 5.56 Å². The summed E-state index contributed by atoms with van der Waals surface area (Å²) in [5.74, 6) is -0.906. The average molecular weight is 403 g/mol. The van der Waals surface area contributed by atoms with E-state index in [1.165, 1.54) is 11.6 Å². The minimum absolute atomic E-state index is 0.109. The molecule has 1 aromatic heterocycles. The molecule has 1 fully saturated rings. The van der Waals surface area contributed by atoms with Crippen LogP contribution in [-0.4, -0.2) is 21.4 Å². The van der Waals surface area contributed by atoms with Crippen molar-refractivity contribution in [3.63, 3.8) is 0 Å². The number of rotatable bonds is 5. The van der Waals surface area contributed by atoms with E-state index in [0.717, 1.165) is 28.4 Å². The molecule has 2 aromatic carbocycles. The molecule has 3 amide bonds. The highest BCUT2D eigenvalue weighted by molar-refractivity contribution is 6.13. The first-order valence-corrected chi connectivity index (χ1v) is 9.72. The van der Waals surface area contributed by atoms with Crippen molar-refractivity contribution in [2.75, 3.05) is 0 Å². The van der Waals surface area contributed by atoms with E-state index in [2.05, 4.69) is 22.0 Å². The van der Waals surface area contributed by atoms with Crippen LogP contribution in [0.25, 0.3) is 6.08 Å². The van der Waals surface area contributed by atoms with E-state index in [1.54, 1.807) is 24.3 Å². The summed E-state index contributed by atoms with van der Waals surface area (Å²) in [4.78, 5) is 26.1. The molecule has 152 valence electrons. The molecular formula is C24H22FN3O2. The molecule has 0 saturated carbocycles. The Morgan fingerprint density at radius 2 is 1.67 bits per heavy atom. The third kappa shape index (κ3) is 3.76. The summed E-state index contributed by atoms with van der Waals surface area (Å²) >= 11 is 0. The highest BCUT2D eigenvalue weighted by Gasteiger charge is 2.34. The van der Waals surface area contributed by atoms with Gasteiger partial charge in [-0.1, -0.05) is 48.5 Å². The van der Waals surface area contributed by atoms with Crippen molar-refractivity contribution in [1.29, 1.82) is 0 Å². The zero-order valence-corrected chi connectivity index (χ0v) is 16.9. The molecule has 0 atom stereocenters. The van der Waals surface area contributed by atoms with Gasteiger partial charge in [0.2, 0.25) is 0 Å². The van der Waals surface area contributed by atoms with Crippen molar-refractivity contribution in [1.82, 2.24) is 14.8 Å². The van der Waals surface area contributed by atoms with E-state index < -0.39 is 17.8 Å².